The van der Waals surface area contributed by atoms with Gasteiger partial charge >= 0.3 is 5.82 Å². The molecule has 0 aliphatic rings. The summed E-state index contributed by atoms with van der Waals surface area (Å²) >= 11 is 0. The lowest BCUT2D eigenvalue weighted by Gasteiger charge is -2.06. The molecule has 0 radical (unpaired) electrons. The fraction of sp³-hybridized carbons (Fsp3) is 0.0833. The third kappa shape index (κ3) is 2.89. The van der Waals surface area contributed by atoms with E-state index in [-0.39, 0.29) is 11.4 Å². The topological polar surface area (TPSA) is 98.0 Å². The number of pyridine rings is 2. The fourth-order valence-electron chi connectivity index (χ4n) is 1.45. The molecule has 19 heavy (non-hydrogen) atoms. The molecule has 0 saturated carbocycles. The van der Waals surface area contributed by atoms with Crippen LogP contribution in [0.1, 0.15) is 15.9 Å². The van der Waals surface area contributed by atoms with E-state index in [2.05, 4.69) is 15.3 Å². The SMILES string of the molecule is Cc1ccncc1NC(=O)c1ccnc([N+](=O)[O-])c1. The smallest absolute Gasteiger partial charge is 0.358 e. The number of aryl methyl sites for hydroxylation is 1. The van der Waals surface area contributed by atoms with Crippen molar-refractivity contribution in [2.24, 2.45) is 0 Å². The average Bonchev–Trinajstić information content (AvgIpc) is 2.41. The van der Waals surface area contributed by atoms with E-state index in [4.69, 9.17) is 0 Å². The molecule has 0 fully saturated rings. The molecular formula is C12H10N4O3. The van der Waals surface area contributed by atoms with Crippen LogP contribution in [0.3, 0.4) is 0 Å². The molecule has 7 heteroatoms. The normalized spacial score (nSPS) is 9.95. The lowest BCUT2D eigenvalue weighted by molar-refractivity contribution is -0.389. The highest BCUT2D eigenvalue weighted by atomic mass is 16.6. The first-order valence-corrected chi connectivity index (χ1v) is 5.40. The molecule has 96 valence electrons. The summed E-state index contributed by atoms with van der Waals surface area (Å²) in [6, 6.07) is 4.29. The molecule has 0 saturated heterocycles. The highest BCUT2D eigenvalue weighted by Crippen LogP contribution is 2.15. The molecule has 0 aliphatic carbocycles. The van der Waals surface area contributed by atoms with E-state index in [1.807, 2.05) is 6.92 Å². The van der Waals surface area contributed by atoms with Crippen LogP contribution in [0, 0.1) is 17.0 Å². The van der Waals surface area contributed by atoms with Gasteiger partial charge in [0.2, 0.25) is 0 Å². The van der Waals surface area contributed by atoms with Crippen molar-refractivity contribution in [3.8, 4) is 0 Å². The van der Waals surface area contributed by atoms with Crippen molar-refractivity contribution in [3.05, 3.63) is 58.0 Å². The molecule has 0 unspecified atom stereocenters. The minimum atomic E-state index is -0.647. The van der Waals surface area contributed by atoms with Crippen LogP contribution in [-0.4, -0.2) is 20.8 Å². The first-order valence-electron chi connectivity index (χ1n) is 5.40. The van der Waals surface area contributed by atoms with Gasteiger partial charge in [-0.15, -0.1) is 0 Å². The first kappa shape index (κ1) is 12.6. The number of hydrogen-bond donors (Lipinski definition) is 1. The van der Waals surface area contributed by atoms with Gasteiger partial charge < -0.3 is 15.4 Å². The second-order valence-corrected chi connectivity index (χ2v) is 3.80. The van der Waals surface area contributed by atoms with Gasteiger partial charge in [-0.2, -0.15) is 0 Å². The quantitative estimate of drug-likeness (QED) is 0.670. The van der Waals surface area contributed by atoms with Gasteiger partial charge in [0.15, 0.2) is 0 Å². The summed E-state index contributed by atoms with van der Waals surface area (Å²) in [7, 11) is 0. The summed E-state index contributed by atoms with van der Waals surface area (Å²) in [4.78, 5) is 29.4. The maximum absolute atomic E-state index is 12.0. The van der Waals surface area contributed by atoms with Crippen molar-refractivity contribution in [1.82, 2.24) is 9.97 Å². The van der Waals surface area contributed by atoms with Crippen molar-refractivity contribution in [3.63, 3.8) is 0 Å². The van der Waals surface area contributed by atoms with E-state index >= 15 is 0 Å². The van der Waals surface area contributed by atoms with Crippen LogP contribution in [0.2, 0.25) is 0 Å². The van der Waals surface area contributed by atoms with E-state index in [9.17, 15) is 14.9 Å². The van der Waals surface area contributed by atoms with Gasteiger partial charge in [0.1, 0.15) is 6.20 Å². The Balaban J connectivity index is 2.23. The molecule has 1 N–H and O–H groups in total. The number of carbonyl (C=O) groups is 1. The zero-order valence-corrected chi connectivity index (χ0v) is 10.0. The average molecular weight is 258 g/mol. The van der Waals surface area contributed by atoms with Crippen LogP contribution in [0.4, 0.5) is 11.5 Å². The fourth-order valence-corrected chi connectivity index (χ4v) is 1.45. The molecule has 0 atom stereocenters. The summed E-state index contributed by atoms with van der Waals surface area (Å²) in [5.74, 6) is -0.808. The number of carbonyl (C=O) groups excluding carboxylic acids is 1. The van der Waals surface area contributed by atoms with Crippen LogP contribution in [0.25, 0.3) is 0 Å². The van der Waals surface area contributed by atoms with E-state index in [1.165, 1.54) is 18.5 Å². The van der Waals surface area contributed by atoms with Crippen molar-refractivity contribution in [1.29, 1.82) is 0 Å². The molecule has 1 amide bonds. The zero-order chi connectivity index (χ0) is 13.8. The summed E-state index contributed by atoms with van der Waals surface area (Å²) in [6.45, 7) is 1.83. The van der Waals surface area contributed by atoms with Gasteiger partial charge in [-0.1, -0.05) is 0 Å². The molecular weight excluding hydrogens is 248 g/mol. The van der Waals surface area contributed by atoms with Crippen molar-refractivity contribution < 1.29 is 9.72 Å². The molecule has 2 rings (SSSR count). The molecule has 0 aliphatic heterocycles. The Kier molecular flexibility index (Phi) is 3.46. The number of aromatic nitrogens is 2. The van der Waals surface area contributed by atoms with Crippen molar-refractivity contribution in [2.75, 3.05) is 5.32 Å². The van der Waals surface area contributed by atoms with Crippen LogP contribution in [0.5, 0.6) is 0 Å². The Hall–Kier alpha value is -2.83. The number of anilines is 1. The summed E-state index contributed by atoms with van der Waals surface area (Å²) in [5, 5.41) is 13.2. The first-order chi connectivity index (χ1) is 9.08. The van der Waals surface area contributed by atoms with E-state index in [1.54, 1.807) is 12.3 Å². The largest absolute Gasteiger partial charge is 0.364 e. The second kappa shape index (κ2) is 5.21. The van der Waals surface area contributed by atoms with Crippen molar-refractivity contribution in [2.45, 2.75) is 6.92 Å². The minimum Gasteiger partial charge on any atom is -0.358 e. The van der Waals surface area contributed by atoms with E-state index < -0.39 is 10.8 Å². The highest BCUT2D eigenvalue weighted by molar-refractivity contribution is 6.04. The number of nitrogens with zero attached hydrogens (tertiary/aromatic N) is 3. The number of rotatable bonds is 3. The standard InChI is InChI=1S/C12H10N4O3/c1-8-2-4-13-7-10(8)15-12(17)9-3-5-14-11(6-9)16(18)19/h2-7H,1H3,(H,15,17). The van der Waals surface area contributed by atoms with E-state index in [0.29, 0.717) is 5.69 Å². The van der Waals surface area contributed by atoms with Gasteiger partial charge in [0.05, 0.1) is 17.4 Å². The Labute approximate surface area is 108 Å². The van der Waals surface area contributed by atoms with Crippen molar-refractivity contribution >= 4 is 17.4 Å². The molecule has 0 bridgehead atoms. The monoisotopic (exact) mass is 258 g/mol. The zero-order valence-electron chi connectivity index (χ0n) is 10.0. The Morgan fingerprint density at radius 1 is 1.37 bits per heavy atom. The van der Waals surface area contributed by atoms with Gasteiger partial charge in [0, 0.05) is 12.3 Å². The molecule has 0 spiro atoms. The van der Waals surface area contributed by atoms with Gasteiger partial charge in [-0.3, -0.25) is 9.78 Å². The molecule has 0 aromatic carbocycles. The summed E-state index contributed by atoms with van der Waals surface area (Å²) < 4.78 is 0. The minimum absolute atomic E-state index is 0.171. The Morgan fingerprint density at radius 3 is 2.84 bits per heavy atom. The van der Waals surface area contributed by atoms with Gasteiger partial charge in [0.25, 0.3) is 5.91 Å². The highest BCUT2D eigenvalue weighted by Gasteiger charge is 2.13. The molecule has 2 aromatic rings. The van der Waals surface area contributed by atoms with Crippen LogP contribution in [0.15, 0.2) is 36.8 Å². The maximum Gasteiger partial charge on any atom is 0.364 e. The predicted octanol–water partition coefficient (Wildman–Crippen LogP) is 1.95. The van der Waals surface area contributed by atoms with Crippen LogP contribution < -0.4 is 5.32 Å². The number of nitro groups is 1. The Morgan fingerprint density at radius 2 is 2.16 bits per heavy atom. The van der Waals surface area contributed by atoms with Crippen LogP contribution >= 0.6 is 0 Å². The number of amides is 1. The molecule has 2 heterocycles. The lowest BCUT2D eigenvalue weighted by Crippen LogP contribution is -2.13. The second-order valence-electron chi connectivity index (χ2n) is 3.80. The Bertz CT molecular complexity index is 642. The third-order valence-corrected chi connectivity index (χ3v) is 2.48. The third-order valence-electron chi connectivity index (χ3n) is 2.48. The summed E-state index contributed by atoms with van der Waals surface area (Å²) in [5.41, 5.74) is 1.59. The predicted molar refractivity (Wildman–Crippen MR) is 67.8 cm³/mol. The van der Waals surface area contributed by atoms with Crippen LogP contribution in [-0.2, 0) is 0 Å². The van der Waals surface area contributed by atoms with Gasteiger partial charge in [-0.25, -0.2) is 0 Å². The molecule has 7 nitrogen and oxygen atoms in total. The summed E-state index contributed by atoms with van der Waals surface area (Å²) in [6.07, 6.45) is 4.36. The van der Waals surface area contributed by atoms with Gasteiger partial charge in [-0.05, 0) is 34.5 Å². The molecule has 2 aromatic heterocycles. The lowest BCUT2D eigenvalue weighted by atomic mass is 10.2. The number of nitrogens with one attached hydrogen (secondary N) is 1. The maximum atomic E-state index is 12.0. The number of hydrogen-bond acceptors (Lipinski definition) is 5. The van der Waals surface area contributed by atoms with E-state index in [0.717, 1.165) is 11.6 Å².